The summed E-state index contributed by atoms with van der Waals surface area (Å²) in [4.78, 5) is 12.1. The zero-order valence-electron chi connectivity index (χ0n) is 22.6. The normalized spacial score (nSPS) is 21.1. The molecule has 3 heterocycles. The monoisotopic (exact) mass is 561 g/mol. The highest BCUT2D eigenvalue weighted by Gasteiger charge is 2.41. The van der Waals surface area contributed by atoms with Gasteiger partial charge in [0.2, 0.25) is 5.82 Å². The third-order valence-corrected chi connectivity index (χ3v) is 7.90. The molecule has 1 aliphatic heterocycles. The summed E-state index contributed by atoms with van der Waals surface area (Å²) in [6.45, 7) is 1.62. The second-order valence-electron chi connectivity index (χ2n) is 10.9. The number of nitrogens with zero attached hydrogens (tertiary/aromatic N) is 6. The molecular weight excluding hydrogens is 528 g/mol. The number of hydrogen-bond acceptors (Lipinski definition) is 8. The Morgan fingerprint density at radius 3 is 2.61 bits per heavy atom. The molecule has 41 heavy (non-hydrogen) atoms. The van der Waals surface area contributed by atoms with Gasteiger partial charge < -0.3 is 20.4 Å². The van der Waals surface area contributed by atoms with Crippen molar-refractivity contribution in [2.24, 2.45) is 0 Å². The maximum Gasteiger partial charge on any atom is 0.207 e. The molecule has 4 aromatic rings. The second kappa shape index (κ2) is 11.5. The smallest absolute Gasteiger partial charge is 0.207 e. The van der Waals surface area contributed by atoms with Crippen molar-refractivity contribution in [1.29, 1.82) is 0 Å². The largest absolute Gasteiger partial charge is 0.389 e. The van der Waals surface area contributed by atoms with Crippen LogP contribution < -0.4 is 10.2 Å². The fourth-order valence-electron chi connectivity index (χ4n) is 5.31. The molecule has 0 bridgehead atoms. The van der Waals surface area contributed by atoms with E-state index in [1.54, 1.807) is 40.2 Å². The number of halogens is 2. The molecule has 9 nitrogen and oxygen atoms in total. The third-order valence-electron chi connectivity index (χ3n) is 7.90. The Labute approximate surface area is 237 Å². The van der Waals surface area contributed by atoms with E-state index >= 15 is 8.78 Å². The summed E-state index contributed by atoms with van der Waals surface area (Å²) in [5, 5.41) is 29.1. The minimum Gasteiger partial charge on any atom is -0.389 e. The van der Waals surface area contributed by atoms with Crippen LogP contribution >= 0.6 is 0 Å². The molecule has 2 atom stereocenters. The van der Waals surface area contributed by atoms with Crippen LogP contribution in [0.15, 0.2) is 73.3 Å². The zero-order valence-corrected chi connectivity index (χ0v) is 22.6. The van der Waals surface area contributed by atoms with Gasteiger partial charge in [0.15, 0.2) is 11.6 Å². The number of likely N-dealkylation sites (tertiary alicyclic amines) is 1. The van der Waals surface area contributed by atoms with Gasteiger partial charge in [-0.05, 0) is 43.0 Å². The molecule has 3 N–H and O–H groups in total. The van der Waals surface area contributed by atoms with Crippen molar-refractivity contribution in [2.45, 2.75) is 50.1 Å². The van der Waals surface area contributed by atoms with Crippen LogP contribution in [0.1, 0.15) is 30.4 Å². The summed E-state index contributed by atoms with van der Waals surface area (Å²) in [7, 11) is 0. The van der Waals surface area contributed by atoms with Gasteiger partial charge in [0.25, 0.3) is 0 Å². The van der Waals surface area contributed by atoms with Crippen LogP contribution in [0.25, 0.3) is 5.69 Å². The van der Waals surface area contributed by atoms with Gasteiger partial charge in [-0.25, -0.2) is 19.0 Å². The molecular formula is C30H33F2N7O2. The number of nitrogens with one attached hydrogen (secondary N) is 1. The highest BCUT2D eigenvalue weighted by Crippen LogP contribution is 2.35. The Hall–Kier alpha value is -3.93. The average molecular weight is 562 g/mol. The number of piperidine rings is 1. The summed E-state index contributed by atoms with van der Waals surface area (Å²) in [6.07, 6.45) is 5.62. The van der Waals surface area contributed by atoms with E-state index < -0.39 is 23.3 Å². The summed E-state index contributed by atoms with van der Waals surface area (Å²) in [5.41, 5.74) is 0.702. The number of benzene rings is 2. The maximum atomic E-state index is 15.8. The molecule has 1 aliphatic carbocycles. The molecule has 2 fully saturated rings. The molecule has 1 saturated carbocycles. The van der Waals surface area contributed by atoms with E-state index in [9.17, 15) is 10.2 Å². The first-order valence-corrected chi connectivity index (χ1v) is 13.9. The Morgan fingerprint density at radius 1 is 1.07 bits per heavy atom. The average Bonchev–Trinajstić information content (AvgIpc) is 3.67. The van der Waals surface area contributed by atoms with E-state index in [4.69, 9.17) is 0 Å². The number of β-amino-alcohol motifs (C(OH)–C–C–N with tert-alkyl or cyclic N) is 1. The number of hydrogen-bond donors (Lipinski definition) is 3. The quantitative estimate of drug-likeness (QED) is 0.270. The minimum absolute atomic E-state index is 0.0393. The lowest BCUT2D eigenvalue weighted by Gasteiger charge is -2.42. The summed E-state index contributed by atoms with van der Waals surface area (Å²) in [6, 6.07) is 16.6. The molecule has 0 spiro atoms. The molecule has 0 unspecified atom stereocenters. The van der Waals surface area contributed by atoms with E-state index in [0.717, 1.165) is 18.4 Å². The van der Waals surface area contributed by atoms with E-state index in [1.165, 1.54) is 12.4 Å². The van der Waals surface area contributed by atoms with Gasteiger partial charge in [0, 0.05) is 56.7 Å². The summed E-state index contributed by atoms with van der Waals surface area (Å²) >= 11 is 0. The van der Waals surface area contributed by atoms with Gasteiger partial charge in [-0.2, -0.15) is 9.49 Å². The standard InChI is InChI=1S/C30H33F2N7O2/c31-25-15-24(39-13-4-12-36-39)8-7-22(25)17-38(23-9-10-23)29-27(32)28(34-20-35-29)33-19-30(41)11-14-37(18-26(30)40)16-21-5-2-1-3-6-21/h1-8,12-13,15,20,23,26,40-41H,9-11,14,16-19H2,(H,33,34,35)/t26-,30-/m1/s1. The lowest BCUT2D eigenvalue weighted by molar-refractivity contribution is -0.111. The molecule has 1 saturated heterocycles. The van der Waals surface area contributed by atoms with Crippen molar-refractivity contribution in [3.05, 3.63) is 96.1 Å². The van der Waals surface area contributed by atoms with Gasteiger partial charge in [-0.3, -0.25) is 4.90 Å². The molecule has 0 radical (unpaired) electrons. The molecule has 0 amide bonds. The Bertz CT molecular complexity index is 1470. The predicted molar refractivity (Wildman–Crippen MR) is 150 cm³/mol. The fourth-order valence-corrected chi connectivity index (χ4v) is 5.31. The molecule has 2 aromatic heterocycles. The Balaban J connectivity index is 1.13. The van der Waals surface area contributed by atoms with Crippen LogP contribution in [0, 0.1) is 11.6 Å². The molecule has 6 rings (SSSR count). The molecule has 2 aromatic carbocycles. The van der Waals surface area contributed by atoms with Crippen molar-refractivity contribution in [3.8, 4) is 5.69 Å². The van der Waals surface area contributed by atoms with Crippen molar-refractivity contribution in [2.75, 3.05) is 29.9 Å². The number of rotatable bonds is 10. The van der Waals surface area contributed by atoms with E-state index in [2.05, 4.69) is 25.3 Å². The molecule has 214 valence electrons. The van der Waals surface area contributed by atoms with Crippen molar-refractivity contribution in [3.63, 3.8) is 0 Å². The highest BCUT2D eigenvalue weighted by atomic mass is 19.1. The second-order valence-corrected chi connectivity index (χ2v) is 10.9. The first-order valence-electron chi connectivity index (χ1n) is 13.9. The van der Waals surface area contributed by atoms with E-state index in [0.29, 0.717) is 37.3 Å². The lowest BCUT2D eigenvalue weighted by Crippen LogP contribution is -2.58. The number of anilines is 2. The van der Waals surface area contributed by atoms with Gasteiger partial charge >= 0.3 is 0 Å². The van der Waals surface area contributed by atoms with Crippen LogP contribution in [-0.2, 0) is 13.1 Å². The number of aliphatic hydroxyl groups is 2. The van der Waals surface area contributed by atoms with Crippen LogP contribution in [0.5, 0.6) is 0 Å². The van der Waals surface area contributed by atoms with Crippen LogP contribution in [0.2, 0.25) is 0 Å². The number of aliphatic hydroxyl groups excluding tert-OH is 1. The van der Waals surface area contributed by atoms with Crippen LogP contribution in [0.4, 0.5) is 20.4 Å². The minimum atomic E-state index is -1.44. The van der Waals surface area contributed by atoms with Gasteiger partial charge in [-0.15, -0.1) is 0 Å². The first kappa shape index (κ1) is 27.3. The van der Waals surface area contributed by atoms with E-state index in [1.807, 2.05) is 30.3 Å². The molecule has 11 heteroatoms. The van der Waals surface area contributed by atoms with Crippen molar-refractivity contribution < 1.29 is 19.0 Å². The molecule has 2 aliphatic rings. The number of aromatic nitrogens is 4. The Kier molecular flexibility index (Phi) is 7.65. The van der Waals surface area contributed by atoms with Crippen molar-refractivity contribution in [1.82, 2.24) is 24.6 Å². The summed E-state index contributed by atoms with van der Waals surface area (Å²) in [5.74, 6) is -1.08. The highest BCUT2D eigenvalue weighted by molar-refractivity contribution is 5.53. The summed E-state index contributed by atoms with van der Waals surface area (Å²) < 4.78 is 32.4. The lowest BCUT2D eigenvalue weighted by atomic mass is 9.88. The van der Waals surface area contributed by atoms with Gasteiger partial charge in [0.1, 0.15) is 17.7 Å². The predicted octanol–water partition coefficient (Wildman–Crippen LogP) is 3.52. The first-order chi connectivity index (χ1) is 19.9. The fraction of sp³-hybridized carbons (Fsp3) is 0.367. The maximum absolute atomic E-state index is 15.8. The zero-order chi connectivity index (χ0) is 28.4. The van der Waals surface area contributed by atoms with Crippen LogP contribution in [0.3, 0.4) is 0 Å². The van der Waals surface area contributed by atoms with E-state index in [-0.39, 0.29) is 30.8 Å². The van der Waals surface area contributed by atoms with Crippen molar-refractivity contribution >= 4 is 11.6 Å². The van der Waals surface area contributed by atoms with Crippen LogP contribution in [-0.4, -0.2) is 72.2 Å². The SMILES string of the molecule is O[C@@H]1CN(Cc2ccccc2)CC[C@@]1(O)CNc1ncnc(N(Cc2ccc(-n3cccn3)cc2F)C2CC2)c1F. The van der Waals surface area contributed by atoms with Gasteiger partial charge in [0.05, 0.1) is 11.8 Å². The Morgan fingerprint density at radius 2 is 1.90 bits per heavy atom. The van der Waals surface area contributed by atoms with Gasteiger partial charge in [-0.1, -0.05) is 36.4 Å². The topological polar surface area (TPSA) is 103 Å². The third kappa shape index (κ3) is 6.07.